The molecule has 0 fully saturated rings. The second-order valence-corrected chi connectivity index (χ2v) is 8.01. The van der Waals surface area contributed by atoms with Crippen molar-refractivity contribution in [2.45, 2.75) is 39.2 Å². The number of non-ortho nitro benzene ring substituents is 1. The third-order valence-electron chi connectivity index (χ3n) is 5.86. The minimum Gasteiger partial charge on any atom is -0.334 e. The van der Waals surface area contributed by atoms with E-state index in [2.05, 4.69) is 12.1 Å². The zero-order valence-electron chi connectivity index (χ0n) is 18.6. The van der Waals surface area contributed by atoms with Gasteiger partial charge in [0.05, 0.1) is 11.0 Å². The molecular formula is C25H29N3O4. The molecule has 0 bridgehead atoms. The number of carbonyl (C=O) groups is 2. The lowest BCUT2D eigenvalue weighted by molar-refractivity contribution is -0.384. The van der Waals surface area contributed by atoms with Crippen LogP contribution in [0.25, 0.3) is 6.08 Å². The van der Waals surface area contributed by atoms with Gasteiger partial charge >= 0.3 is 0 Å². The van der Waals surface area contributed by atoms with E-state index >= 15 is 0 Å². The Hall–Kier alpha value is -3.48. The van der Waals surface area contributed by atoms with Gasteiger partial charge in [-0.15, -0.1) is 0 Å². The van der Waals surface area contributed by atoms with Crippen molar-refractivity contribution in [1.82, 2.24) is 9.80 Å². The van der Waals surface area contributed by atoms with Gasteiger partial charge in [0, 0.05) is 31.3 Å². The Morgan fingerprint density at radius 1 is 1.19 bits per heavy atom. The maximum absolute atomic E-state index is 13.1. The summed E-state index contributed by atoms with van der Waals surface area (Å²) >= 11 is 0. The molecule has 0 radical (unpaired) electrons. The Balaban J connectivity index is 1.68. The van der Waals surface area contributed by atoms with Crippen molar-refractivity contribution in [2.24, 2.45) is 0 Å². The van der Waals surface area contributed by atoms with Crippen LogP contribution in [-0.4, -0.2) is 46.2 Å². The van der Waals surface area contributed by atoms with E-state index in [0.717, 1.165) is 24.8 Å². The van der Waals surface area contributed by atoms with Gasteiger partial charge in [0.15, 0.2) is 0 Å². The first-order valence-electron chi connectivity index (χ1n) is 11.0. The number of hydrogen-bond acceptors (Lipinski definition) is 4. The summed E-state index contributed by atoms with van der Waals surface area (Å²) in [6.45, 7) is 5.26. The molecule has 7 heteroatoms. The van der Waals surface area contributed by atoms with Crippen molar-refractivity contribution < 1.29 is 14.5 Å². The van der Waals surface area contributed by atoms with Crippen LogP contribution >= 0.6 is 0 Å². The van der Waals surface area contributed by atoms with E-state index in [4.69, 9.17) is 0 Å². The normalized spacial score (nSPS) is 15.4. The highest BCUT2D eigenvalue weighted by Crippen LogP contribution is 2.29. The summed E-state index contributed by atoms with van der Waals surface area (Å²) in [7, 11) is 0. The number of rotatable bonds is 8. The van der Waals surface area contributed by atoms with Crippen molar-refractivity contribution in [3.8, 4) is 0 Å². The van der Waals surface area contributed by atoms with Crippen LogP contribution in [0.2, 0.25) is 0 Å². The number of benzene rings is 2. The number of fused-ring (bicyclic) bond motifs is 1. The molecule has 0 spiro atoms. The lowest BCUT2D eigenvalue weighted by Crippen LogP contribution is -2.46. The van der Waals surface area contributed by atoms with Gasteiger partial charge in [-0.25, -0.2) is 0 Å². The van der Waals surface area contributed by atoms with Crippen molar-refractivity contribution in [1.29, 1.82) is 0 Å². The smallest absolute Gasteiger partial charge is 0.269 e. The van der Waals surface area contributed by atoms with Crippen molar-refractivity contribution in [2.75, 3.05) is 19.6 Å². The van der Waals surface area contributed by atoms with E-state index in [1.54, 1.807) is 23.1 Å². The molecule has 0 N–H and O–H groups in total. The summed E-state index contributed by atoms with van der Waals surface area (Å²) < 4.78 is 0. The standard InChI is InChI=1S/C25H29N3O4/c1-3-4-16-26(24(29)14-11-20-9-12-22(13-10-20)28(31)32)18-25(30)27-17-15-21-7-5-6-8-23(21)19(27)2/h5-14,19H,3-4,15-18H2,1-2H3/b14-11+. The predicted molar refractivity (Wildman–Crippen MR) is 124 cm³/mol. The molecule has 0 saturated heterocycles. The third kappa shape index (κ3) is 5.60. The van der Waals surface area contributed by atoms with Crippen LogP contribution in [0.3, 0.4) is 0 Å². The van der Waals surface area contributed by atoms with Crippen LogP contribution in [0, 0.1) is 10.1 Å². The van der Waals surface area contributed by atoms with E-state index in [-0.39, 0.29) is 30.1 Å². The molecule has 0 aliphatic carbocycles. The van der Waals surface area contributed by atoms with Gasteiger partial charge < -0.3 is 9.80 Å². The van der Waals surface area contributed by atoms with Gasteiger partial charge in [0.2, 0.25) is 11.8 Å². The maximum atomic E-state index is 13.1. The number of nitro benzene ring substituents is 1. The van der Waals surface area contributed by atoms with E-state index < -0.39 is 4.92 Å². The van der Waals surface area contributed by atoms with Crippen LogP contribution in [0.15, 0.2) is 54.6 Å². The lowest BCUT2D eigenvalue weighted by Gasteiger charge is -2.36. The van der Waals surface area contributed by atoms with Crippen LogP contribution < -0.4 is 0 Å². The molecule has 7 nitrogen and oxygen atoms in total. The van der Waals surface area contributed by atoms with Gasteiger partial charge in [-0.2, -0.15) is 0 Å². The zero-order valence-corrected chi connectivity index (χ0v) is 18.6. The highest BCUT2D eigenvalue weighted by Gasteiger charge is 2.28. The van der Waals surface area contributed by atoms with Gasteiger partial charge in [0.25, 0.3) is 5.69 Å². The second kappa shape index (κ2) is 10.7. The molecule has 2 amide bonds. The molecule has 32 heavy (non-hydrogen) atoms. The van der Waals surface area contributed by atoms with E-state index in [1.807, 2.05) is 30.9 Å². The fraction of sp³-hybridized carbons (Fsp3) is 0.360. The Labute approximate surface area is 188 Å². The lowest BCUT2D eigenvalue weighted by atomic mass is 9.93. The summed E-state index contributed by atoms with van der Waals surface area (Å²) in [5, 5.41) is 10.8. The molecule has 0 saturated carbocycles. The zero-order chi connectivity index (χ0) is 23.1. The molecule has 1 atom stereocenters. The molecule has 2 aromatic carbocycles. The minimum atomic E-state index is -0.462. The monoisotopic (exact) mass is 435 g/mol. The second-order valence-electron chi connectivity index (χ2n) is 8.01. The summed E-state index contributed by atoms with van der Waals surface area (Å²) in [5.74, 6) is -0.296. The van der Waals surface area contributed by atoms with Crippen molar-refractivity contribution >= 4 is 23.6 Å². The van der Waals surface area contributed by atoms with E-state index in [1.165, 1.54) is 23.8 Å². The van der Waals surface area contributed by atoms with E-state index in [9.17, 15) is 19.7 Å². The molecule has 0 aromatic heterocycles. The van der Waals surface area contributed by atoms with Crippen molar-refractivity contribution in [3.05, 3.63) is 81.4 Å². The Bertz CT molecular complexity index is 1000. The number of nitrogens with zero attached hydrogens (tertiary/aromatic N) is 3. The van der Waals surface area contributed by atoms with Gasteiger partial charge in [-0.3, -0.25) is 19.7 Å². The van der Waals surface area contributed by atoms with Crippen LogP contribution in [0.1, 0.15) is 49.4 Å². The number of nitro groups is 1. The molecule has 1 aliphatic rings. The number of amides is 2. The minimum absolute atomic E-state index is 0.000806. The van der Waals surface area contributed by atoms with Crippen LogP contribution in [0.5, 0.6) is 0 Å². The average Bonchev–Trinajstić information content (AvgIpc) is 2.80. The molecule has 3 rings (SSSR count). The first kappa shape index (κ1) is 23.2. The fourth-order valence-electron chi connectivity index (χ4n) is 3.96. The fourth-order valence-corrected chi connectivity index (χ4v) is 3.96. The number of carbonyl (C=O) groups excluding carboxylic acids is 2. The largest absolute Gasteiger partial charge is 0.334 e. The van der Waals surface area contributed by atoms with Gasteiger partial charge in [0.1, 0.15) is 6.54 Å². The van der Waals surface area contributed by atoms with Crippen LogP contribution in [0.4, 0.5) is 5.69 Å². The Morgan fingerprint density at radius 3 is 2.59 bits per heavy atom. The SMILES string of the molecule is CCCCN(CC(=O)N1CCc2ccccc2C1C)C(=O)/C=C/c1ccc([N+](=O)[O-])cc1. The quantitative estimate of drug-likeness (QED) is 0.350. The molecule has 1 aliphatic heterocycles. The summed E-state index contributed by atoms with van der Waals surface area (Å²) in [4.78, 5) is 39.7. The van der Waals surface area contributed by atoms with E-state index in [0.29, 0.717) is 18.7 Å². The number of hydrogen-bond donors (Lipinski definition) is 0. The Kier molecular flexibility index (Phi) is 7.76. The molecular weight excluding hydrogens is 406 g/mol. The first-order valence-corrected chi connectivity index (χ1v) is 11.0. The predicted octanol–water partition coefficient (Wildman–Crippen LogP) is 4.38. The molecule has 168 valence electrons. The first-order chi connectivity index (χ1) is 15.4. The summed E-state index contributed by atoms with van der Waals surface area (Å²) in [6.07, 6.45) is 5.59. The molecule has 2 aromatic rings. The maximum Gasteiger partial charge on any atom is 0.269 e. The average molecular weight is 436 g/mol. The van der Waals surface area contributed by atoms with Gasteiger partial charge in [-0.05, 0) is 54.7 Å². The molecule has 1 unspecified atom stereocenters. The van der Waals surface area contributed by atoms with Crippen molar-refractivity contribution in [3.63, 3.8) is 0 Å². The third-order valence-corrected chi connectivity index (χ3v) is 5.86. The highest BCUT2D eigenvalue weighted by molar-refractivity contribution is 5.94. The molecule has 1 heterocycles. The summed E-state index contributed by atoms with van der Waals surface area (Å²) in [5.41, 5.74) is 3.12. The van der Waals surface area contributed by atoms with Gasteiger partial charge in [-0.1, -0.05) is 37.6 Å². The highest BCUT2D eigenvalue weighted by atomic mass is 16.6. The van der Waals surface area contributed by atoms with Crippen LogP contribution in [-0.2, 0) is 16.0 Å². The summed E-state index contributed by atoms with van der Waals surface area (Å²) in [6, 6.07) is 14.1. The number of unbranched alkanes of at least 4 members (excludes halogenated alkanes) is 1. The Morgan fingerprint density at radius 2 is 1.91 bits per heavy atom. The topological polar surface area (TPSA) is 83.8 Å².